The van der Waals surface area contributed by atoms with Crippen molar-refractivity contribution in [2.45, 2.75) is 39.3 Å². The van der Waals surface area contributed by atoms with E-state index in [-0.39, 0.29) is 6.10 Å². The Labute approximate surface area is 121 Å². The number of guanidine groups is 1. The molecule has 110 valence electrons. The third-order valence-corrected chi connectivity index (χ3v) is 3.23. The lowest BCUT2D eigenvalue weighted by molar-refractivity contribution is 0.242. The lowest BCUT2D eigenvalue weighted by atomic mass is 10.2. The second kappa shape index (κ2) is 7.17. The molecule has 0 spiro atoms. The Kier molecular flexibility index (Phi) is 5.27. The van der Waals surface area contributed by atoms with Gasteiger partial charge in [0.25, 0.3) is 0 Å². The highest BCUT2D eigenvalue weighted by Gasteiger charge is 2.20. The molecule has 1 aliphatic rings. The van der Waals surface area contributed by atoms with Crippen molar-refractivity contribution in [3.05, 3.63) is 29.8 Å². The van der Waals surface area contributed by atoms with E-state index in [0.717, 1.165) is 30.7 Å². The Balaban J connectivity index is 1.76. The largest absolute Gasteiger partial charge is 0.491 e. The van der Waals surface area contributed by atoms with Gasteiger partial charge in [-0.2, -0.15) is 0 Å². The predicted molar refractivity (Wildman–Crippen MR) is 83.1 cm³/mol. The smallest absolute Gasteiger partial charge is 0.191 e. The van der Waals surface area contributed by atoms with Crippen LogP contribution in [0.2, 0.25) is 0 Å². The van der Waals surface area contributed by atoms with Crippen LogP contribution < -0.4 is 15.4 Å². The molecule has 0 aliphatic heterocycles. The van der Waals surface area contributed by atoms with Gasteiger partial charge in [-0.25, -0.2) is 0 Å². The Bertz CT molecular complexity index is 436. The van der Waals surface area contributed by atoms with Gasteiger partial charge < -0.3 is 15.4 Å². The van der Waals surface area contributed by atoms with Crippen LogP contribution in [-0.4, -0.2) is 25.7 Å². The second-order valence-corrected chi connectivity index (χ2v) is 5.56. The first-order valence-corrected chi connectivity index (χ1v) is 7.37. The Hall–Kier alpha value is -1.71. The van der Waals surface area contributed by atoms with Gasteiger partial charge in [0.1, 0.15) is 5.75 Å². The summed E-state index contributed by atoms with van der Waals surface area (Å²) in [4.78, 5) is 4.23. The fourth-order valence-electron chi connectivity index (χ4n) is 1.93. The van der Waals surface area contributed by atoms with Crippen LogP contribution in [0.1, 0.15) is 32.3 Å². The summed E-state index contributed by atoms with van der Waals surface area (Å²) in [6, 6.07) is 8.19. The highest BCUT2D eigenvalue weighted by atomic mass is 16.5. The zero-order chi connectivity index (χ0) is 14.4. The van der Waals surface area contributed by atoms with E-state index in [2.05, 4.69) is 27.8 Å². The zero-order valence-corrected chi connectivity index (χ0v) is 12.6. The first-order valence-electron chi connectivity index (χ1n) is 7.37. The van der Waals surface area contributed by atoms with Crippen LogP contribution in [0.15, 0.2) is 29.3 Å². The van der Waals surface area contributed by atoms with Gasteiger partial charge in [-0.3, -0.25) is 4.99 Å². The summed E-state index contributed by atoms with van der Waals surface area (Å²) in [5.41, 5.74) is 1.22. The summed E-state index contributed by atoms with van der Waals surface area (Å²) in [7, 11) is 1.81. The standard InChI is InChI=1S/C16H25N3O/c1-12(2)20-15-8-6-14(7-9-15)11-19-16(17-3)18-10-13-4-5-13/h6-9,12-13H,4-5,10-11H2,1-3H3,(H2,17,18,19). The van der Waals surface area contributed by atoms with E-state index in [4.69, 9.17) is 4.74 Å². The normalized spacial score (nSPS) is 15.3. The average molecular weight is 275 g/mol. The third kappa shape index (κ3) is 5.11. The Morgan fingerprint density at radius 2 is 1.95 bits per heavy atom. The molecule has 1 aromatic rings. The van der Waals surface area contributed by atoms with Crippen molar-refractivity contribution in [1.82, 2.24) is 10.6 Å². The number of nitrogens with one attached hydrogen (secondary N) is 2. The van der Waals surface area contributed by atoms with Crippen LogP contribution in [0.5, 0.6) is 5.75 Å². The number of hydrogen-bond acceptors (Lipinski definition) is 2. The van der Waals surface area contributed by atoms with Crippen LogP contribution in [0, 0.1) is 5.92 Å². The number of nitrogens with zero attached hydrogens (tertiary/aromatic N) is 1. The molecule has 20 heavy (non-hydrogen) atoms. The van der Waals surface area contributed by atoms with Crippen molar-refractivity contribution in [1.29, 1.82) is 0 Å². The monoisotopic (exact) mass is 275 g/mol. The van der Waals surface area contributed by atoms with Gasteiger partial charge in [-0.05, 0) is 50.3 Å². The summed E-state index contributed by atoms with van der Waals surface area (Å²) in [6.45, 7) is 5.86. The van der Waals surface area contributed by atoms with Gasteiger partial charge in [0.2, 0.25) is 0 Å². The van der Waals surface area contributed by atoms with Gasteiger partial charge in [0.15, 0.2) is 5.96 Å². The van der Waals surface area contributed by atoms with Crippen molar-refractivity contribution < 1.29 is 4.74 Å². The molecule has 0 saturated heterocycles. The van der Waals surface area contributed by atoms with Crippen molar-refractivity contribution >= 4 is 5.96 Å². The minimum absolute atomic E-state index is 0.212. The van der Waals surface area contributed by atoms with E-state index in [9.17, 15) is 0 Å². The van der Waals surface area contributed by atoms with Crippen molar-refractivity contribution in [2.75, 3.05) is 13.6 Å². The Morgan fingerprint density at radius 1 is 1.25 bits per heavy atom. The molecular formula is C16H25N3O. The third-order valence-electron chi connectivity index (χ3n) is 3.23. The fraction of sp³-hybridized carbons (Fsp3) is 0.562. The van der Waals surface area contributed by atoms with Gasteiger partial charge in [0, 0.05) is 20.1 Å². The van der Waals surface area contributed by atoms with Crippen LogP contribution in [-0.2, 0) is 6.54 Å². The molecule has 0 bridgehead atoms. The van der Waals surface area contributed by atoms with E-state index in [0.29, 0.717) is 0 Å². The van der Waals surface area contributed by atoms with E-state index in [1.54, 1.807) is 0 Å². The number of ether oxygens (including phenoxy) is 1. The van der Waals surface area contributed by atoms with E-state index < -0.39 is 0 Å². The molecule has 1 saturated carbocycles. The van der Waals surface area contributed by atoms with Crippen molar-refractivity contribution in [3.8, 4) is 5.75 Å². The van der Waals surface area contributed by atoms with Gasteiger partial charge in [-0.15, -0.1) is 0 Å². The van der Waals surface area contributed by atoms with E-state index in [1.165, 1.54) is 18.4 Å². The first-order chi connectivity index (χ1) is 9.67. The first kappa shape index (κ1) is 14.7. The summed E-state index contributed by atoms with van der Waals surface area (Å²) < 4.78 is 5.63. The van der Waals surface area contributed by atoms with Gasteiger partial charge in [0.05, 0.1) is 6.10 Å². The van der Waals surface area contributed by atoms with E-state index >= 15 is 0 Å². The van der Waals surface area contributed by atoms with Crippen molar-refractivity contribution in [3.63, 3.8) is 0 Å². The minimum atomic E-state index is 0.212. The molecule has 2 rings (SSSR count). The molecular weight excluding hydrogens is 250 g/mol. The highest BCUT2D eigenvalue weighted by Crippen LogP contribution is 2.27. The number of aliphatic imine (C=N–C) groups is 1. The molecule has 2 N–H and O–H groups in total. The topological polar surface area (TPSA) is 45.7 Å². The molecule has 0 heterocycles. The molecule has 0 unspecified atom stereocenters. The lowest BCUT2D eigenvalue weighted by Gasteiger charge is -2.13. The van der Waals surface area contributed by atoms with Crippen LogP contribution in [0.25, 0.3) is 0 Å². The molecule has 1 aromatic carbocycles. The molecule has 1 aliphatic carbocycles. The maximum Gasteiger partial charge on any atom is 0.191 e. The van der Waals surface area contributed by atoms with Gasteiger partial charge in [-0.1, -0.05) is 12.1 Å². The van der Waals surface area contributed by atoms with E-state index in [1.807, 2.05) is 33.0 Å². The van der Waals surface area contributed by atoms with Crippen LogP contribution in [0.3, 0.4) is 0 Å². The zero-order valence-electron chi connectivity index (χ0n) is 12.6. The molecule has 4 heteroatoms. The minimum Gasteiger partial charge on any atom is -0.491 e. The SMILES string of the molecule is CN=C(NCc1ccc(OC(C)C)cc1)NCC1CC1. The second-order valence-electron chi connectivity index (χ2n) is 5.56. The fourth-order valence-corrected chi connectivity index (χ4v) is 1.93. The van der Waals surface area contributed by atoms with Crippen molar-refractivity contribution in [2.24, 2.45) is 10.9 Å². The highest BCUT2D eigenvalue weighted by molar-refractivity contribution is 5.79. The van der Waals surface area contributed by atoms with Crippen LogP contribution >= 0.6 is 0 Å². The number of hydrogen-bond donors (Lipinski definition) is 2. The average Bonchev–Trinajstić information content (AvgIpc) is 3.24. The molecule has 0 amide bonds. The molecule has 0 radical (unpaired) electrons. The summed E-state index contributed by atoms with van der Waals surface area (Å²) in [5.74, 6) is 2.64. The van der Waals surface area contributed by atoms with Gasteiger partial charge >= 0.3 is 0 Å². The molecule has 1 fully saturated rings. The number of benzene rings is 1. The maximum atomic E-state index is 5.63. The quantitative estimate of drug-likeness (QED) is 0.619. The summed E-state index contributed by atoms with van der Waals surface area (Å²) in [5, 5.41) is 6.68. The molecule has 0 aromatic heterocycles. The summed E-state index contributed by atoms with van der Waals surface area (Å²) >= 11 is 0. The maximum absolute atomic E-state index is 5.63. The summed E-state index contributed by atoms with van der Waals surface area (Å²) in [6.07, 6.45) is 2.91. The lowest BCUT2D eigenvalue weighted by Crippen LogP contribution is -2.37. The van der Waals surface area contributed by atoms with Crippen LogP contribution in [0.4, 0.5) is 0 Å². The Morgan fingerprint density at radius 3 is 2.50 bits per heavy atom. The molecule has 4 nitrogen and oxygen atoms in total. The predicted octanol–water partition coefficient (Wildman–Crippen LogP) is 2.55. The number of rotatable bonds is 6. The molecule has 0 atom stereocenters.